The van der Waals surface area contributed by atoms with Gasteiger partial charge >= 0.3 is 0 Å². The van der Waals surface area contributed by atoms with Crippen LogP contribution in [-0.4, -0.2) is 20.6 Å². The van der Waals surface area contributed by atoms with Crippen molar-refractivity contribution in [3.63, 3.8) is 0 Å². The number of rotatable bonds is 4. The van der Waals surface area contributed by atoms with Gasteiger partial charge in [-0.25, -0.2) is 4.98 Å². The molecule has 3 rings (SSSR count). The van der Waals surface area contributed by atoms with Crippen molar-refractivity contribution < 1.29 is 9.90 Å². The maximum Gasteiger partial charge on any atom is 0.267 e. The SMILES string of the molecule is CCCn1c(=O)c(C(=O)Nc2cc(C)cc(C)n2)c(O)c2ccccc21. The summed E-state index contributed by atoms with van der Waals surface area (Å²) in [4.78, 5) is 29.9. The van der Waals surface area contributed by atoms with Gasteiger partial charge < -0.3 is 15.0 Å². The molecule has 2 N–H and O–H groups in total. The minimum absolute atomic E-state index is 0.266. The third kappa shape index (κ3) is 3.18. The molecule has 134 valence electrons. The van der Waals surface area contributed by atoms with E-state index < -0.39 is 11.5 Å². The first-order valence-electron chi connectivity index (χ1n) is 8.53. The quantitative estimate of drug-likeness (QED) is 0.755. The first-order valence-corrected chi connectivity index (χ1v) is 8.53. The van der Waals surface area contributed by atoms with Gasteiger partial charge in [-0.2, -0.15) is 0 Å². The number of hydrogen-bond acceptors (Lipinski definition) is 4. The number of nitrogens with zero attached hydrogens (tertiary/aromatic N) is 2. The van der Waals surface area contributed by atoms with Crippen molar-refractivity contribution in [2.24, 2.45) is 0 Å². The topological polar surface area (TPSA) is 84.2 Å². The fraction of sp³-hybridized carbons (Fsp3) is 0.250. The zero-order valence-electron chi connectivity index (χ0n) is 15.0. The highest BCUT2D eigenvalue weighted by atomic mass is 16.3. The van der Waals surface area contributed by atoms with E-state index in [1.165, 1.54) is 4.57 Å². The Morgan fingerprint density at radius 2 is 1.96 bits per heavy atom. The number of aryl methyl sites for hydroxylation is 3. The molecule has 3 aromatic rings. The largest absolute Gasteiger partial charge is 0.506 e. The molecule has 6 heteroatoms. The maximum atomic E-state index is 12.9. The number of amides is 1. The van der Waals surface area contributed by atoms with E-state index in [9.17, 15) is 14.7 Å². The highest BCUT2D eigenvalue weighted by Crippen LogP contribution is 2.27. The highest BCUT2D eigenvalue weighted by Gasteiger charge is 2.22. The Labute approximate surface area is 151 Å². The molecule has 2 aromatic heterocycles. The predicted molar refractivity (Wildman–Crippen MR) is 102 cm³/mol. The Bertz CT molecular complexity index is 1030. The zero-order chi connectivity index (χ0) is 18.8. The highest BCUT2D eigenvalue weighted by molar-refractivity contribution is 6.08. The summed E-state index contributed by atoms with van der Waals surface area (Å²) in [6, 6.07) is 10.6. The Kier molecular flexibility index (Phi) is 4.75. The minimum Gasteiger partial charge on any atom is -0.506 e. The summed E-state index contributed by atoms with van der Waals surface area (Å²) in [5.74, 6) is -0.623. The van der Waals surface area contributed by atoms with Gasteiger partial charge in [-0.05, 0) is 50.1 Å². The van der Waals surface area contributed by atoms with Gasteiger partial charge in [0.25, 0.3) is 11.5 Å². The summed E-state index contributed by atoms with van der Waals surface area (Å²) in [6.45, 7) is 6.13. The van der Waals surface area contributed by atoms with Gasteiger partial charge in [0.1, 0.15) is 17.1 Å². The molecule has 0 saturated carbocycles. The molecule has 0 bridgehead atoms. The molecular formula is C20H21N3O3. The molecule has 1 amide bonds. The molecule has 2 heterocycles. The van der Waals surface area contributed by atoms with Crippen LogP contribution in [0, 0.1) is 13.8 Å². The third-order valence-electron chi connectivity index (χ3n) is 4.16. The minimum atomic E-state index is -0.666. The number of hydrogen-bond donors (Lipinski definition) is 2. The van der Waals surface area contributed by atoms with Crippen molar-refractivity contribution in [1.82, 2.24) is 9.55 Å². The molecule has 0 aliphatic carbocycles. The second-order valence-electron chi connectivity index (χ2n) is 6.32. The Morgan fingerprint density at radius 1 is 1.23 bits per heavy atom. The zero-order valence-corrected chi connectivity index (χ0v) is 15.0. The van der Waals surface area contributed by atoms with Gasteiger partial charge in [-0.1, -0.05) is 19.1 Å². The van der Waals surface area contributed by atoms with Gasteiger partial charge in [0.15, 0.2) is 0 Å². The lowest BCUT2D eigenvalue weighted by Gasteiger charge is -2.14. The molecular weight excluding hydrogens is 330 g/mol. The average molecular weight is 351 g/mol. The molecule has 26 heavy (non-hydrogen) atoms. The Hall–Kier alpha value is -3.15. The lowest BCUT2D eigenvalue weighted by molar-refractivity contribution is 0.102. The number of carbonyl (C=O) groups is 1. The van der Waals surface area contributed by atoms with E-state index in [4.69, 9.17) is 0 Å². The fourth-order valence-corrected chi connectivity index (χ4v) is 3.12. The monoisotopic (exact) mass is 351 g/mol. The summed E-state index contributed by atoms with van der Waals surface area (Å²) < 4.78 is 1.53. The maximum absolute atomic E-state index is 12.9. The van der Waals surface area contributed by atoms with E-state index >= 15 is 0 Å². The summed E-state index contributed by atoms with van der Waals surface area (Å²) in [7, 11) is 0. The van der Waals surface area contributed by atoms with E-state index in [0.717, 1.165) is 17.7 Å². The van der Waals surface area contributed by atoms with Gasteiger partial charge in [-0.3, -0.25) is 9.59 Å². The normalized spacial score (nSPS) is 10.9. The molecule has 0 aliphatic heterocycles. The Morgan fingerprint density at radius 3 is 2.65 bits per heavy atom. The number of fused-ring (bicyclic) bond motifs is 1. The van der Waals surface area contributed by atoms with Crippen molar-refractivity contribution >= 4 is 22.6 Å². The van der Waals surface area contributed by atoms with Crippen LogP contribution in [0.2, 0.25) is 0 Å². The van der Waals surface area contributed by atoms with Crippen LogP contribution in [0.1, 0.15) is 35.0 Å². The van der Waals surface area contributed by atoms with Gasteiger partial charge in [0, 0.05) is 17.6 Å². The van der Waals surface area contributed by atoms with E-state index in [0.29, 0.717) is 23.3 Å². The number of carbonyl (C=O) groups excluding carboxylic acids is 1. The van der Waals surface area contributed by atoms with Crippen molar-refractivity contribution in [1.29, 1.82) is 0 Å². The molecule has 0 atom stereocenters. The first-order chi connectivity index (χ1) is 12.4. The van der Waals surface area contributed by atoms with Crippen LogP contribution in [-0.2, 0) is 6.54 Å². The fourth-order valence-electron chi connectivity index (χ4n) is 3.12. The number of aromatic hydroxyl groups is 1. The molecule has 6 nitrogen and oxygen atoms in total. The number of pyridine rings is 2. The molecule has 0 aliphatic rings. The van der Waals surface area contributed by atoms with Gasteiger partial charge in [0.2, 0.25) is 0 Å². The molecule has 1 aromatic carbocycles. The Balaban J connectivity index is 2.14. The van der Waals surface area contributed by atoms with Crippen molar-refractivity contribution in [2.45, 2.75) is 33.7 Å². The van der Waals surface area contributed by atoms with Crippen LogP contribution in [0.25, 0.3) is 10.9 Å². The van der Waals surface area contributed by atoms with Crippen LogP contribution in [0.3, 0.4) is 0 Å². The van der Waals surface area contributed by atoms with Crippen molar-refractivity contribution in [2.75, 3.05) is 5.32 Å². The van der Waals surface area contributed by atoms with Crippen LogP contribution in [0.5, 0.6) is 5.75 Å². The second kappa shape index (κ2) is 7.00. The molecule has 0 radical (unpaired) electrons. The first kappa shape index (κ1) is 17.7. The third-order valence-corrected chi connectivity index (χ3v) is 4.16. The number of anilines is 1. The molecule has 0 spiro atoms. The predicted octanol–water partition coefficient (Wildman–Crippen LogP) is 3.38. The van der Waals surface area contributed by atoms with Gasteiger partial charge in [0.05, 0.1) is 5.52 Å². The molecule has 0 fully saturated rings. The summed E-state index contributed by atoms with van der Waals surface area (Å²) in [6.07, 6.45) is 0.731. The lowest BCUT2D eigenvalue weighted by Crippen LogP contribution is -2.30. The van der Waals surface area contributed by atoms with Crippen molar-refractivity contribution in [3.8, 4) is 5.75 Å². The average Bonchev–Trinajstić information content (AvgIpc) is 2.58. The van der Waals surface area contributed by atoms with Crippen LogP contribution in [0.15, 0.2) is 41.2 Å². The van der Waals surface area contributed by atoms with E-state index in [-0.39, 0.29) is 11.3 Å². The lowest BCUT2D eigenvalue weighted by atomic mass is 10.1. The van der Waals surface area contributed by atoms with E-state index in [2.05, 4.69) is 10.3 Å². The van der Waals surface area contributed by atoms with E-state index in [1.54, 1.807) is 30.3 Å². The number of aromatic nitrogens is 2. The number of para-hydroxylation sites is 1. The number of benzene rings is 1. The van der Waals surface area contributed by atoms with Crippen LogP contribution in [0.4, 0.5) is 5.82 Å². The molecule has 0 unspecified atom stereocenters. The van der Waals surface area contributed by atoms with E-state index in [1.807, 2.05) is 26.8 Å². The summed E-state index contributed by atoms with van der Waals surface area (Å²) in [5, 5.41) is 13.7. The van der Waals surface area contributed by atoms with Gasteiger partial charge in [-0.15, -0.1) is 0 Å². The molecule has 0 saturated heterocycles. The van der Waals surface area contributed by atoms with Crippen LogP contribution >= 0.6 is 0 Å². The summed E-state index contributed by atoms with van der Waals surface area (Å²) >= 11 is 0. The van der Waals surface area contributed by atoms with Crippen LogP contribution < -0.4 is 10.9 Å². The second-order valence-corrected chi connectivity index (χ2v) is 6.32. The summed E-state index contributed by atoms with van der Waals surface area (Å²) in [5.41, 5.74) is 1.53. The standard InChI is InChI=1S/C20H21N3O3/c1-4-9-23-15-8-6-5-7-14(15)18(24)17(20(23)26)19(25)22-16-11-12(2)10-13(3)21-16/h5-8,10-11,24H,4,9H2,1-3H3,(H,21,22,25). The smallest absolute Gasteiger partial charge is 0.267 e. The van der Waals surface area contributed by atoms with Crippen molar-refractivity contribution in [3.05, 3.63) is 63.6 Å². The number of nitrogens with one attached hydrogen (secondary N) is 1.